The van der Waals surface area contributed by atoms with Crippen LogP contribution in [0.5, 0.6) is 0 Å². The summed E-state index contributed by atoms with van der Waals surface area (Å²) in [6, 6.07) is -0.156. The van der Waals surface area contributed by atoms with Gasteiger partial charge in [-0.3, -0.25) is 18.4 Å². The van der Waals surface area contributed by atoms with Crippen LogP contribution in [-0.4, -0.2) is 114 Å². The van der Waals surface area contributed by atoms with Gasteiger partial charge in [0.2, 0.25) is 0 Å². The molecule has 4 aromatic heterocycles. The van der Waals surface area contributed by atoms with Crippen molar-refractivity contribution in [2.75, 3.05) is 46.1 Å². The number of H-pyrrole nitrogens is 2. The van der Waals surface area contributed by atoms with Gasteiger partial charge in [0.1, 0.15) is 38.5 Å². The molecule has 0 aromatic carbocycles. The first-order valence-electron chi connectivity index (χ1n) is 22.1. The van der Waals surface area contributed by atoms with E-state index in [1.54, 1.807) is 11.1 Å². The molecule has 1 unspecified atom stereocenters. The minimum atomic E-state index is -0.680. The van der Waals surface area contributed by atoms with E-state index in [1.165, 1.54) is 0 Å². The highest BCUT2D eigenvalue weighted by Gasteiger charge is 2.44. The Bertz CT molecular complexity index is 2480. The number of ether oxygens (including phenoxy) is 4. The first-order valence-corrected chi connectivity index (χ1v) is 22.9. The van der Waals surface area contributed by atoms with Crippen LogP contribution in [0, 0.1) is 11.8 Å². The third kappa shape index (κ3) is 8.99. The summed E-state index contributed by atoms with van der Waals surface area (Å²) in [5.41, 5.74) is 2.84. The zero-order valence-electron chi connectivity index (χ0n) is 37.2. The molecule has 0 saturated carbocycles. The first-order chi connectivity index (χ1) is 29.4. The lowest BCUT2D eigenvalue weighted by Crippen LogP contribution is -2.41. The summed E-state index contributed by atoms with van der Waals surface area (Å²) in [5, 5.41) is 0. The van der Waals surface area contributed by atoms with Crippen molar-refractivity contribution >= 4 is 44.7 Å². The van der Waals surface area contributed by atoms with Gasteiger partial charge in [-0.1, -0.05) is 13.8 Å². The minimum absolute atomic E-state index is 0.00305. The van der Waals surface area contributed by atoms with Crippen molar-refractivity contribution in [1.29, 1.82) is 0 Å². The Hall–Kier alpha value is -4.48. The van der Waals surface area contributed by atoms with Gasteiger partial charge in [-0.15, -0.1) is 0 Å². The Morgan fingerprint density at radius 2 is 1.55 bits per heavy atom. The molecule has 62 heavy (non-hydrogen) atoms. The Morgan fingerprint density at radius 3 is 2.27 bits per heavy atom. The molecule has 3 saturated heterocycles. The van der Waals surface area contributed by atoms with E-state index in [2.05, 4.69) is 44.7 Å². The van der Waals surface area contributed by atoms with Gasteiger partial charge in [0.15, 0.2) is 0 Å². The Labute approximate surface area is 369 Å². The summed E-state index contributed by atoms with van der Waals surface area (Å²) < 4.78 is 27.6. The lowest BCUT2D eigenvalue weighted by molar-refractivity contribution is 0.0200. The molecule has 5 atom stereocenters. The molecule has 8 rings (SSSR count). The second-order valence-corrected chi connectivity index (χ2v) is 20.4. The number of carbonyl (C=O) groups excluding carboxylic acids is 2. The van der Waals surface area contributed by atoms with Gasteiger partial charge in [0.25, 0.3) is 11.1 Å². The standard InChI is InChI=1S/C45H61BrN8O8/c1-25-19-51(42(57)61-44(3,4)5)20-30(25)32-23-54-36(41(56)49-32)37(46)50-39(54)29-14-17-60-24-28(29)10-9-11-34-26(2)31(21-53(34)43(58)62-45(6,7)8)33-22-52-35(40(55)48-33)18-47-38(52)27-12-15-59-16-13-27/h18,22-23,25-27,30-31,34H,9-17,19-21,24H2,1-8H3,(H,48,55)(H,49,56)/t25-,26+,30-,31-,34?/m1/s1. The lowest BCUT2D eigenvalue weighted by Gasteiger charge is -2.30. The van der Waals surface area contributed by atoms with Gasteiger partial charge in [0, 0.05) is 80.4 Å². The van der Waals surface area contributed by atoms with Crippen molar-refractivity contribution in [1.82, 2.24) is 38.5 Å². The Kier molecular flexibility index (Phi) is 12.3. The van der Waals surface area contributed by atoms with E-state index in [-0.39, 0.29) is 58.9 Å². The largest absolute Gasteiger partial charge is 0.444 e. The average Bonchev–Trinajstić information content (AvgIpc) is 3.97. The molecule has 0 spiro atoms. The molecule has 4 aromatic rings. The molecule has 8 heterocycles. The molecule has 336 valence electrons. The van der Waals surface area contributed by atoms with E-state index < -0.39 is 11.2 Å². The summed E-state index contributed by atoms with van der Waals surface area (Å²) in [7, 11) is 0. The normalized spacial score (nSPS) is 24.2. The number of likely N-dealkylation sites (tertiary alicyclic amines) is 2. The molecular formula is C45H61BrN8O8. The Morgan fingerprint density at radius 1 is 0.871 bits per heavy atom. The monoisotopic (exact) mass is 920 g/mol. The average molecular weight is 922 g/mol. The van der Waals surface area contributed by atoms with Crippen molar-refractivity contribution < 1.29 is 28.5 Å². The summed E-state index contributed by atoms with van der Waals surface area (Å²) in [4.78, 5) is 73.5. The number of nitrogens with one attached hydrogen (secondary N) is 2. The van der Waals surface area contributed by atoms with Crippen LogP contribution >= 0.6 is 15.9 Å². The van der Waals surface area contributed by atoms with Crippen LogP contribution in [0.15, 0.2) is 38.4 Å². The van der Waals surface area contributed by atoms with Crippen LogP contribution in [0.3, 0.4) is 0 Å². The number of halogens is 1. The molecule has 0 bridgehead atoms. The van der Waals surface area contributed by atoms with Crippen molar-refractivity contribution in [2.45, 2.75) is 129 Å². The maximum absolute atomic E-state index is 13.9. The third-order valence-electron chi connectivity index (χ3n) is 13.0. The number of aromatic nitrogens is 6. The SMILES string of the molecule is C[C@@H]1CN(C(=O)OC(C)(C)C)C[C@H]1c1cn2c(C3=C(CCCC4[C@@H](C)[C@H](c5cn6c(C7CCOCC7)ncc6c(=O)[nH]5)CN4C(=O)OC(C)(C)C)COCC3)nc(Br)c2c(=O)[nH]1. The van der Waals surface area contributed by atoms with Crippen molar-refractivity contribution in [3.05, 3.63) is 72.5 Å². The maximum atomic E-state index is 13.9. The molecule has 4 aliphatic rings. The molecule has 2 amide bonds. The smallest absolute Gasteiger partial charge is 0.410 e. The van der Waals surface area contributed by atoms with Gasteiger partial charge in [-0.05, 0) is 119 Å². The number of hydrogen-bond acceptors (Lipinski definition) is 10. The lowest BCUT2D eigenvalue weighted by atomic mass is 9.87. The fourth-order valence-corrected chi connectivity index (χ4v) is 10.4. The quantitative estimate of drug-likeness (QED) is 0.181. The van der Waals surface area contributed by atoms with Crippen LogP contribution < -0.4 is 11.1 Å². The fourth-order valence-electron chi connectivity index (χ4n) is 9.88. The number of carbonyl (C=O) groups is 2. The highest BCUT2D eigenvalue weighted by atomic mass is 79.9. The molecule has 16 nitrogen and oxygen atoms in total. The zero-order chi connectivity index (χ0) is 44.2. The first kappa shape index (κ1) is 44.1. The van der Waals surface area contributed by atoms with Gasteiger partial charge in [-0.25, -0.2) is 19.6 Å². The van der Waals surface area contributed by atoms with Crippen LogP contribution in [-0.2, 0) is 18.9 Å². The van der Waals surface area contributed by atoms with Crippen LogP contribution in [0.2, 0.25) is 0 Å². The molecule has 4 aliphatic heterocycles. The van der Waals surface area contributed by atoms with Crippen LogP contribution in [0.4, 0.5) is 9.59 Å². The second-order valence-electron chi connectivity index (χ2n) is 19.7. The number of aromatic amines is 2. The highest BCUT2D eigenvalue weighted by Crippen LogP contribution is 2.41. The van der Waals surface area contributed by atoms with Gasteiger partial charge >= 0.3 is 12.2 Å². The van der Waals surface area contributed by atoms with E-state index in [4.69, 9.17) is 23.9 Å². The third-order valence-corrected chi connectivity index (χ3v) is 13.5. The number of imidazole rings is 2. The summed E-state index contributed by atoms with van der Waals surface area (Å²) in [5.74, 6) is 1.62. The van der Waals surface area contributed by atoms with Crippen LogP contribution in [0.1, 0.15) is 135 Å². The van der Waals surface area contributed by atoms with Crippen molar-refractivity contribution in [3.63, 3.8) is 0 Å². The second kappa shape index (κ2) is 17.2. The summed E-state index contributed by atoms with van der Waals surface area (Å²) >= 11 is 3.58. The van der Waals surface area contributed by atoms with E-state index >= 15 is 0 Å². The highest BCUT2D eigenvalue weighted by molar-refractivity contribution is 9.10. The number of fused-ring (bicyclic) bond motifs is 2. The Balaban J connectivity index is 1.05. The predicted molar refractivity (Wildman–Crippen MR) is 237 cm³/mol. The number of hydrogen-bond donors (Lipinski definition) is 2. The van der Waals surface area contributed by atoms with Crippen molar-refractivity contribution in [3.8, 4) is 0 Å². The van der Waals surface area contributed by atoms with Crippen molar-refractivity contribution in [2.24, 2.45) is 11.8 Å². The zero-order valence-corrected chi connectivity index (χ0v) is 38.8. The molecule has 17 heteroatoms. The van der Waals surface area contributed by atoms with Gasteiger partial charge < -0.3 is 38.7 Å². The van der Waals surface area contributed by atoms with E-state index in [9.17, 15) is 19.2 Å². The molecule has 3 fully saturated rings. The van der Waals surface area contributed by atoms with Gasteiger partial charge in [-0.2, -0.15) is 0 Å². The number of nitrogens with zero attached hydrogens (tertiary/aromatic N) is 6. The molecule has 2 N–H and O–H groups in total. The topological polar surface area (TPSA) is 178 Å². The predicted octanol–water partition coefficient (Wildman–Crippen LogP) is 7.37. The van der Waals surface area contributed by atoms with Crippen LogP contribution in [0.25, 0.3) is 16.6 Å². The molecule has 0 radical (unpaired) electrons. The minimum Gasteiger partial charge on any atom is -0.444 e. The maximum Gasteiger partial charge on any atom is 0.410 e. The summed E-state index contributed by atoms with van der Waals surface area (Å²) in [6.07, 6.45) is 9.37. The van der Waals surface area contributed by atoms with E-state index in [0.29, 0.717) is 86.8 Å². The van der Waals surface area contributed by atoms with Gasteiger partial charge in [0.05, 0.1) is 19.4 Å². The molecule has 0 aliphatic carbocycles. The molecular weight excluding hydrogens is 860 g/mol. The summed E-state index contributed by atoms with van der Waals surface area (Å²) in [6.45, 7) is 19.1. The number of amides is 2. The number of rotatable bonds is 8. The van der Waals surface area contributed by atoms with E-state index in [0.717, 1.165) is 47.6 Å². The van der Waals surface area contributed by atoms with E-state index in [1.807, 2.05) is 67.6 Å². The fraction of sp³-hybridized carbons (Fsp3) is 0.644.